The maximum atomic E-state index is 5.39. The molecular weight excluding hydrogens is 172 g/mol. The first kappa shape index (κ1) is 11.0. The zero-order valence-electron chi connectivity index (χ0n) is 8.83. The van der Waals surface area contributed by atoms with Crippen LogP contribution in [0.3, 0.4) is 0 Å². The van der Waals surface area contributed by atoms with Crippen LogP contribution in [0.5, 0.6) is 0 Å². The van der Waals surface area contributed by atoms with Gasteiger partial charge >= 0.3 is 0 Å². The molecule has 1 atom stereocenters. The van der Waals surface area contributed by atoms with Crippen LogP contribution < -0.4 is 11.3 Å². The van der Waals surface area contributed by atoms with Gasteiger partial charge in [-0.15, -0.1) is 6.58 Å². The Morgan fingerprint density at radius 1 is 1.21 bits per heavy atom. The van der Waals surface area contributed by atoms with Crippen molar-refractivity contribution in [2.24, 2.45) is 5.84 Å². The van der Waals surface area contributed by atoms with E-state index in [2.05, 4.69) is 50.1 Å². The van der Waals surface area contributed by atoms with Crippen molar-refractivity contribution in [2.45, 2.75) is 25.8 Å². The Hall–Kier alpha value is -1.12. The zero-order chi connectivity index (χ0) is 10.6. The van der Waals surface area contributed by atoms with E-state index < -0.39 is 0 Å². The third-order valence-corrected chi connectivity index (χ3v) is 2.38. The van der Waals surface area contributed by atoms with Gasteiger partial charge in [0.1, 0.15) is 0 Å². The third kappa shape index (κ3) is 2.44. The van der Waals surface area contributed by atoms with Crippen molar-refractivity contribution >= 4 is 0 Å². The number of nitrogens with two attached hydrogens (primary N) is 1. The summed E-state index contributed by atoms with van der Waals surface area (Å²) in [5, 5.41) is 0. The Morgan fingerprint density at radius 3 is 2.07 bits per heavy atom. The largest absolute Gasteiger partial charge is 0.271 e. The quantitative estimate of drug-likeness (QED) is 0.435. The van der Waals surface area contributed by atoms with E-state index in [4.69, 9.17) is 5.84 Å². The first-order valence-corrected chi connectivity index (χ1v) is 4.87. The molecule has 1 aromatic rings. The maximum Gasteiger partial charge on any atom is 0.0638 e. The molecule has 0 fully saturated rings. The van der Waals surface area contributed by atoms with Crippen LogP contribution in [0.15, 0.2) is 36.9 Å². The highest BCUT2D eigenvalue weighted by molar-refractivity contribution is 5.28. The SMILES string of the molecule is C=CC(NN)c1ccc(C(C)C)cc1. The lowest BCUT2D eigenvalue weighted by Gasteiger charge is -2.12. The van der Waals surface area contributed by atoms with Gasteiger partial charge in [0, 0.05) is 0 Å². The van der Waals surface area contributed by atoms with Gasteiger partial charge in [-0.1, -0.05) is 44.2 Å². The van der Waals surface area contributed by atoms with Gasteiger partial charge in [-0.2, -0.15) is 0 Å². The lowest BCUT2D eigenvalue weighted by atomic mass is 9.99. The molecule has 0 aliphatic heterocycles. The van der Waals surface area contributed by atoms with E-state index in [1.54, 1.807) is 6.08 Å². The average Bonchev–Trinajstić information content (AvgIpc) is 2.20. The molecule has 0 aliphatic carbocycles. The van der Waals surface area contributed by atoms with Crippen molar-refractivity contribution in [1.82, 2.24) is 5.43 Å². The Bertz CT molecular complexity index is 288. The number of benzene rings is 1. The minimum atomic E-state index is 0.0382. The van der Waals surface area contributed by atoms with Gasteiger partial charge in [-0.25, -0.2) is 5.43 Å². The predicted molar refractivity (Wildman–Crippen MR) is 60.8 cm³/mol. The first-order valence-electron chi connectivity index (χ1n) is 4.87. The molecule has 0 saturated carbocycles. The van der Waals surface area contributed by atoms with Crippen LogP contribution in [-0.4, -0.2) is 0 Å². The van der Waals surface area contributed by atoms with Crippen molar-refractivity contribution in [3.8, 4) is 0 Å². The fourth-order valence-electron chi connectivity index (χ4n) is 1.39. The van der Waals surface area contributed by atoms with Crippen LogP contribution in [0.25, 0.3) is 0 Å². The summed E-state index contributed by atoms with van der Waals surface area (Å²) in [5.74, 6) is 5.96. The summed E-state index contributed by atoms with van der Waals surface area (Å²) in [7, 11) is 0. The Kier molecular flexibility index (Phi) is 3.86. The van der Waals surface area contributed by atoms with Crippen LogP contribution >= 0.6 is 0 Å². The van der Waals surface area contributed by atoms with E-state index in [9.17, 15) is 0 Å². The van der Waals surface area contributed by atoms with E-state index in [-0.39, 0.29) is 6.04 Å². The molecule has 0 heterocycles. The molecule has 2 heteroatoms. The summed E-state index contributed by atoms with van der Waals surface area (Å²) in [6, 6.07) is 8.47. The summed E-state index contributed by atoms with van der Waals surface area (Å²) in [6.45, 7) is 8.09. The number of hydrogen-bond acceptors (Lipinski definition) is 2. The van der Waals surface area contributed by atoms with Gasteiger partial charge in [0.2, 0.25) is 0 Å². The lowest BCUT2D eigenvalue weighted by molar-refractivity contribution is 0.656. The van der Waals surface area contributed by atoms with Gasteiger partial charge in [0.05, 0.1) is 6.04 Å². The minimum Gasteiger partial charge on any atom is -0.271 e. The summed E-state index contributed by atoms with van der Waals surface area (Å²) in [5.41, 5.74) is 5.19. The van der Waals surface area contributed by atoms with Crippen LogP contribution in [-0.2, 0) is 0 Å². The van der Waals surface area contributed by atoms with Gasteiger partial charge in [-0.05, 0) is 17.0 Å². The molecular formula is C12H18N2. The Labute approximate surface area is 85.8 Å². The molecule has 0 bridgehead atoms. The maximum absolute atomic E-state index is 5.39. The predicted octanol–water partition coefficient (Wildman–Crippen LogP) is 2.50. The molecule has 0 saturated heterocycles. The fraction of sp³-hybridized carbons (Fsp3) is 0.333. The smallest absolute Gasteiger partial charge is 0.0638 e. The van der Waals surface area contributed by atoms with Crippen LogP contribution in [0.4, 0.5) is 0 Å². The molecule has 0 aromatic heterocycles. The molecule has 0 aliphatic rings. The van der Waals surface area contributed by atoms with Crippen molar-refractivity contribution in [2.75, 3.05) is 0 Å². The zero-order valence-corrected chi connectivity index (χ0v) is 8.83. The topological polar surface area (TPSA) is 38.0 Å². The van der Waals surface area contributed by atoms with E-state index in [0.29, 0.717) is 5.92 Å². The standard InChI is InChI=1S/C12H18N2/c1-4-12(14-13)11-7-5-10(6-8-11)9(2)3/h4-9,12,14H,1,13H2,2-3H3. The van der Waals surface area contributed by atoms with Gasteiger partial charge in [0.15, 0.2) is 0 Å². The van der Waals surface area contributed by atoms with Gasteiger partial charge in [-0.3, -0.25) is 5.84 Å². The second-order valence-corrected chi connectivity index (χ2v) is 3.70. The van der Waals surface area contributed by atoms with E-state index in [1.165, 1.54) is 5.56 Å². The van der Waals surface area contributed by atoms with Crippen LogP contribution in [0.2, 0.25) is 0 Å². The van der Waals surface area contributed by atoms with Crippen molar-refractivity contribution < 1.29 is 0 Å². The second kappa shape index (κ2) is 4.94. The van der Waals surface area contributed by atoms with Crippen LogP contribution in [0, 0.1) is 0 Å². The number of nitrogens with one attached hydrogen (secondary N) is 1. The molecule has 0 radical (unpaired) electrons. The summed E-state index contributed by atoms with van der Waals surface area (Å²) >= 11 is 0. The second-order valence-electron chi connectivity index (χ2n) is 3.70. The molecule has 1 aromatic carbocycles. The molecule has 3 N–H and O–H groups in total. The highest BCUT2D eigenvalue weighted by Crippen LogP contribution is 2.18. The summed E-state index contributed by atoms with van der Waals surface area (Å²) in [6.07, 6.45) is 1.80. The molecule has 1 rings (SSSR count). The lowest BCUT2D eigenvalue weighted by Crippen LogP contribution is -2.26. The van der Waals surface area contributed by atoms with E-state index in [1.807, 2.05) is 0 Å². The minimum absolute atomic E-state index is 0.0382. The van der Waals surface area contributed by atoms with E-state index >= 15 is 0 Å². The summed E-state index contributed by atoms with van der Waals surface area (Å²) < 4.78 is 0. The number of hydrogen-bond donors (Lipinski definition) is 2. The highest BCUT2D eigenvalue weighted by Gasteiger charge is 2.05. The average molecular weight is 190 g/mol. The van der Waals surface area contributed by atoms with Crippen molar-refractivity contribution in [3.05, 3.63) is 48.0 Å². The third-order valence-electron chi connectivity index (χ3n) is 2.38. The molecule has 76 valence electrons. The van der Waals surface area contributed by atoms with Crippen molar-refractivity contribution in [1.29, 1.82) is 0 Å². The molecule has 2 nitrogen and oxygen atoms in total. The van der Waals surface area contributed by atoms with E-state index in [0.717, 1.165) is 5.56 Å². The number of hydrazine groups is 1. The fourth-order valence-corrected chi connectivity index (χ4v) is 1.39. The van der Waals surface area contributed by atoms with Gasteiger partial charge < -0.3 is 0 Å². The number of rotatable bonds is 4. The first-order chi connectivity index (χ1) is 6.69. The Balaban J connectivity index is 2.87. The monoisotopic (exact) mass is 190 g/mol. The molecule has 1 unspecified atom stereocenters. The summed E-state index contributed by atoms with van der Waals surface area (Å²) in [4.78, 5) is 0. The molecule has 14 heavy (non-hydrogen) atoms. The normalized spacial score (nSPS) is 12.9. The van der Waals surface area contributed by atoms with Crippen LogP contribution in [0.1, 0.15) is 36.9 Å². The highest BCUT2D eigenvalue weighted by atomic mass is 15.2. The van der Waals surface area contributed by atoms with Crippen molar-refractivity contribution in [3.63, 3.8) is 0 Å². The molecule has 0 spiro atoms. The Morgan fingerprint density at radius 2 is 1.71 bits per heavy atom. The molecule has 0 amide bonds. The van der Waals surface area contributed by atoms with Gasteiger partial charge in [0.25, 0.3) is 0 Å².